The fraction of sp³-hybridized carbons (Fsp3) is 0.231. The predicted molar refractivity (Wildman–Crippen MR) is 70.0 cm³/mol. The van der Waals surface area contributed by atoms with Crippen LogP contribution in [-0.4, -0.2) is 19.6 Å². The van der Waals surface area contributed by atoms with Crippen molar-refractivity contribution in [3.63, 3.8) is 0 Å². The lowest BCUT2D eigenvalue weighted by molar-refractivity contribution is 0.652. The molecule has 2 heterocycles. The van der Waals surface area contributed by atoms with E-state index in [1.807, 2.05) is 49.1 Å². The number of nitrogens with zero attached hydrogens (tertiary/aromatic N) is 4. The van der Waals surface area contributed by atoms with Crippen molar-refractivity contribution in [2.75, 3.05) is 0 Å². The first-order valence-electron chi connectivity index (χ1n) is 5.83. The van der Waals surface area contributed by atoms with Crippen LogP contribution in [0.25, 0.3) is 10.9 Å². The Kier molecular flexibility index (Phi) is 2.41. The van der Waals surface area contributed by atoms with Gasteiger partial charge in [-0.1, -0.05) is 18.2 Å². The van der Waals surface area contributed by atoms with Crippen molar-refractivity contribution in [1.82, 2.24) is 19.6 Å². The Bertz CT molecular complexity index is 694. The second-order valence-electron chi connectivity index (χ2n) is 4.38. The van der Waals surface area contributed by atoms with Gasteiger partial charge in [-0.05, 0) is 12.1 Å². The summed E-state index contributed by atoms with van der Waals surface area (Å²) < 4.78 is 3.65. The van der Waals surface area contributed by atoms with Gasteiger partial charge in [0.05, 0.1) is 22.9 Å². The van der Waals surface area contributed by atoms with Gasteiger partial charge in [-0.25, -0.2) is 0 Å². The van der Waals surface area contributed by atoms with E-state index in [4.69, 9.17) is 5.73 Å². The molecule has 0 saturated carbocycles. The van der Waals surface area contributed by atoms with Crippen LogP contribution >= 0.6 is 0 Å². The van der Waals surface area contributed by atoms with E-state index in [1.165, 1.54) is 0 Å². The number of hydrogen-bond acceptors (Lipinski definition) is 3. The zero-order chi connectivity index (χ0) is 12.7. The first kappa shape index (κ1) is 11.0. The molecular formula is C13H15N5. The maximum atomic E-state index is 6.30. The maximum absolute atomic E-state index is 6.30. The van der Waals surface area contributed by atoms with Crippen molar-refractivity contribution >= 4 is 10.9 Å². The van der Waals surface area contributed by atoms with E-state index in [1.54, 1.807) is 10.9 Å². The summed E-state index contributed by atoms with van der Waals surface area (Å²) in [6.45, 7) is 0. The number of nitrogens with two attached hydrogens (primary N) is 1. The van der Waals surface area contributed by atoms with E-state index in [2.05, 4.69) is 10.2 Å². The van der Waals surface area contributed by atoms with Gasteiger partial charge in [0.2, 0.25) is 0 Å². The Hall–Kier alpha value is -2.14. The molecule has 1 unspecified atom stereocenters. The van der Waals surface area contributed by atoms with E-state index >= 15 is 0 Å². The molecule has 0 bridgehead atoms. The second-order valence-corrected chi connectivity index (χ2v) is 4.38. The quantitative estimate of drug-likeness (QED) is 0.736. The highest BCUT2D eigenvalue weighted by atomic mass is 15.3. The van der Waals surface area contributed by atoms with Crippen LogP contribution in [0, 0.1) is 0 Å². The summed E-state index contributed by atoms with van der Waals surface area (Å²) in [7, 11) is 3.82. The van der Waals surface area contributed by atoms with E-state index in [0.717, 1.165) is 22.3 Å². The predicted octanol–water partition coefficient (Wildman–Crippen LogP) is 1.35. The van der Waals surface area contributed by atoms with Crippen LogP contribution in [0.15, 0.2) is 36.5 Å². The van der Waals surface area contributed by atoms with Crippen LogP contribution < -0.4 is 5.73 Å². The summed E-state index contributed by atoms with van der Waals surface area (Å²) >= 11 is 0. The lowest BCUT2D eigenvalue weighted by Crippen LogP contribution is -2.17. The number of aryl methyl sites for hydroxylation is 2. The molecule has 2 N–H and O–H groups in total. The summed E-state index contributed by atoms with van der Waals surface area (Å²) in [6, 6.07) is 9.76. The number of hydrogen-bond donors (Lipinski definition) is 1. The van der Waals surface area contributed by atoms with Crippen LogP contribution in [0.2, 0.25) is 0 Å². The molecule has 1 atom stereocenters. The average molecular weight is 241 g/mol. The standard InChI is InChI=1S/C13H15N5/c1-17-11(7-8-15-17)12(14)13-9-5-3-4-6-10(9)18(2)16-13/h3-8,12H,14H2,1-2H3. The summed E-state index contributed by atoms with van der Waals surface area (Å²) in [5.74, 6) is 0. The lowest BCUT2D eigenvalue weighted by Gasteiger charge is -2.09. The van der Waals surface area contributed by atoms with Gasteiger partial charge in [-0.15, -0.1) is 0 Å². The molecule has 1 aromatic carbocycles. The van der Waals surface area contributed by atoms with E-state index < -0.39 is 0 Å². The third kappa shape index (κ3) is 1.52. The molecule has 0 saturated heterocycles. The Balaban J connectivity index is 2.18. The monoisotopic (exact) mass is 241 g/mol. The van der Waals surface area contributed by atoms with Gasteiger partial charge in [-0.3, -0.25) is 9.36 Å². The number of rotatable bonds is 2. The highest BCUT2D eigenvalue weighted by Gasteiger charge is 2.19. The number of para-hydroxylation sites is 1. The molecule has 5 nitrogen and oxygen atoms in total. The summed E-state index contributed by atoms with van der Waals surface area (Å²) in [6.07, 6.45) is 1.75. The summed E-state index contributed by atoms with van der Waals surface area (Å²) in [5.41, 5.74) is 9.24. The van der Waals surface area contributed by atoms with Crippen molar-refractivity contribution < 1.29 is 0 Å². The molecule has 92 valence electrons. The first-order valence-corrected chi connectivity index (χ1v) is 5.83. The third-order valence-electron chi connectivity index (χ3n) is 3.26. The van der Waals surface area contributed by atoms with Crippen LogP contribution in [0.5, 0.6) is 0 Å². The Labute approximate surface area is 105 Å². The normalized spacial score (nSPS) is 13.1. The van der Waals surface area contributed by atoms with Crippen LogP contribution in [0.3, 0.4) is 0 Å². The van der Waals surface area contributed by atoms with Crippen molar-refractivity contribution in [2.45, 2.75) is 6.04 Å². The molecule has 0 aliphatic heterocycles. The molecule has 0 amide bonds. The molecule has 5 heteroatoms. The minimum atomic E-state index is -0.261. The molecule has 0 fully saturated rings. The fourth-order valence-electron chi connectivity index (χ4n) is 2.30. The average Bonchev–Trinajstić information content (AvgIpc) is 2.94. The molecule has 0 radical (unpaired) electrons. The first-order chi connectivity index (χ1) is 8.68. The van der Waals surface area contributed by atoms with Crippen molar-refractivity contribution in [3.8, 4) is 0 Å². The zero-order valence-corrected chi connectivity index (χ0v) is 10.4. The van der Waals surface area contributed by atoms with E-state index in [-0.39, 0.29) is 6.04 Å². The highest BCUT2D eigenvalue weighted by Crippen LogP contribution is 2.25. The number of aromatic nitrogens is 4. The molecule has 3 rings (SSSR count). The maximum Gasteiger partial charge on any atom is 0.0931 e. The van der Waals surface area contributed by atoms with Gasteiger partial charge < -0.3 is 5.73 Å². The molecule has 2 aromatic heterocycles. The summed E-state index contributed by atoms with van der Waals surface area (Å²) in [4.78, 5) is 0. The van der Waals surface area contributed by atoms with Crippen LogP contribution in [-0.2, 0) is 14.1 Å². The molecule has 18 heavy (non-hydrogen) atoms. The van der Waals surface area contributed by atoms with E-state index in [0.29, 0.717) is 0 Å². The molecule has 3 aromatic rings. The smallest absolute Gasteiger partial charge is 0.0931 e. The minimum absolute atomic E-state index is 0.261. The minimum Gasteiger partial charge on any atom is -0.318 e. The van der Waals surface area contributed by atoms with Crippen molar-refractivity contribution in [1.29, 1.82) is 0 Å². The Morgan fingerprint density at radius 3 is 2.61 bits per heavy atom. The van der Waals surface area contributed by atoms with Crippen molar-refractivity contribution in [2.24, 2.45) is 19.8 Å². The summed E-state index contributed by atoms with van der Waals surface area (Å²) in [5, 5.41) is 9.78. The molecule has 0 spiro atoms. The molecular weight excluding hydrogens is 226 g/mol. The third-order valence-corrected chi connectivity index (χ3v) is 3.26. The number of benzene rings is 1. The van der Waals surface area contributed by atoms with Gasteiger partial charge in [0.25, 0.3) is 0 Å². The Morgan fingerprint density at radius 2 is 1.89 bits per heavy atom. The lowest BCUT2D eigenvalue weighted by atomic mass is 10.1. The van der Waals surface area contributed by atoms with Gasteiger partial charge in [0.15, 0.2) is 0 Å². The Morgan fingerprint density at radius 1 is 1.11 bits per heavy atom. The number of fused-ring (bicyclic) bond motifs is 1. The molecule has 0 aliphatic rings. The topological polar surface area (TPSA) is 61.7 Å². The highest BCUT2D eigenvalue weighted by molar-refractivity contribution is 5.82. The van der Waals surface area contributed by atoms with Gasteiger partial charge in [0.1, 0.15) is 0 Å². The van der Waals surface area contributed by atoms with Crippen LogP contribution in [0.1, 0.15) is 17.4 Å². The van der Waals surface area contributed by atoms with Gasteiger partial charge in [-0.2, -0.15) is 10.2 Å². The van der Waals surface area contributed by atoms with Gasteiger partial charge >= 0.3 is 0 Å². The van der Waals surface area contributed by atoms with E-state index in [9.17, 15) is 0 Å². The van der Waals surface area contributed by atoms with Crippen molar-refractivity contribution in [3.05, 3.63) is 47.9 Å². The molecule has 0 aliphatic carbocycles. The fourth-order valence-corrected chi connectivity index (χ4v) is 2.30. The van der Waals surface area contributed by atoms with Crippen LogP contribution in [0.4, 0.5) is 0 Å². The van der Waals surface area contributed by atoms with Gasteiger partial charge in [0, 0.05) is 25.7 Å². The zero-order valence-electron chi connectivity index (χ0n) is 10.4. The SMILES string of the molecule is Cn1nccc1C(N)c1nn(C)c2ccccc12. The second kappa shape index (κ2) is 3.96. The largest absolute Gasteiger partial charge is 0.318 e.